The van der Waals surface area contributed by atoms with Gasteiger partial charge in [0.25, 0.3) is 0 Å². The third-order valence-corrected chi connectivity index (χ3v) is 6.15. The highest BCUT2D eigenvalue weighted by Crippen LogP contribution is 2.34. The molecule has 1 aliphatic rings. The molecular weight excluding hydrogens is 518 g/mol. The van der Waals surface area contributed by atoms with Crippen LogP contribution in [0.5, 0.6) is 0 Å². The van der Waals surface area contributed by atoms with Gasteiger partial charge in [-0.15, -0.1) is 0 Å². The molecule has 1 amide bonds. The van der Waals surface area contributed by atoms with Crippen molar-refractivity contribution in [3.05, 3.63) is 76.8 Å². The fourth-order valence-corrected chi connectivity index (χ4v) is 4.27. The number of nitrogens with two attached hydrogens (primary N) is 1. The van der Waals surface area contributed by atoms with Crippen LogP contribution in [-0.2, 0) is 30.5 Å². The molecule has 204 valence electrons. The number of aromatic nitrogens is 3. The fraction of sp³-hybridized carbons (Fsp3) is 0.375. The zero-order valence-electron chi connectivity index (χ0n) is 19.9. The van der Waals surface area contributed by atoms with Gasteiger partial charge in [-0.2, -0.15) is 13.2 Å². The van der Waals surface area contributed by atoms with Crippen molar-refractivity contribution in [2.45, 2.75) is 50.8 Å². The molecule has 4 N–H and O–H groups in total. The Morgan fingerprint density at radius 1 is 1.13 bits per heavy atom. The lowest BCUT2D eigenvalue weighted by molar-refractivity contribution is -0.148. The molecule has 38 heavy (non-hydrogen) atoms. The fourth-order valence-electron chi connectivity index (χ4n) is 4.27. The van der Waals surface area contributed by atoms with Gasteiger partial charge in [-0.25, -0.2) is 23.1 Å². The van der Waals surface area contributed by atoms with Crippen molar-refractivity contribution in [2.24, 2.45) is 5.73 Å². The molecule has 0 saturated carbocycles. The summed E-state index contributed by atoms with van der Waals surface area (Å²) in [6.07, 6.45) is -5.17. The third kappa shape index (κ3) is 6.07. The summed E-state index contributed by atoms with van der Waals surface area (Å²) in [6, 6.07) is 5.14. The van der Waals surface area contributed by atoms with Crippen LogP contribution in [0.3, 0.4) is 0 Å². The lowest BCUT2D eigenvalue weighted by atomic mass is 10.0. The zero-order valence-corrected chi connectivity index (χ0v) is 19.9. The number of carbonyl (C=O) groups excluding carboxylic acids is 1. The quantitative estimate of drug-likeness (QED) is 0.228. The van der Waals surface area contributed by atoms with Crippen LogP contribution in [0.25, 0.3) is 0 Å². The number of fused-ring (bicyclic) bond motifs is 1. The van der Waals surface area contributed by atoms with Crippen LogP contribution in [0.4, 0.5) is 32.2 Å². The molecule has 14 heteroatoms. The predicted octanol–water partition coefficient (Wildman–Crippen LogP) is 3.51. The standard InChI is InChI=1S/C24H24F6N6O2/c25-15-11-17(27)16(26)10-13(15)9-14(31)4-5-20(37)35-7-8-36-18(12-35)21(34-23(36)24(28,29)30)22(38)33-19-3-1-2-6-32-19/h1-3,6,10-11,14,22,38H,4-5,7-9,12,31H2,(H,32,33). The number of anilines is 1. The van der Waals surface area contributed by atoms with Gasteiger partial charge in [-0.1, -0.05) is 6.07 Å². The third-order valence-electron chi connectivity index (χ3n) is 6.15. The number of benzene rings is 1. The average molecular weight is 542 g/mol. The smallest absolute Gasteiger partial charge is 0.368 e. The Hall–Kier alpha value is -3.65. The number of rotatable bonds is 8. The molecular formula is C24H24F6N6O2. The van der Waals surface area contributed by atoms with E-state index in [-0.39, 0.29) is 61.7 Å². The molecule has 0 radical (unpaired) electrons. The van der Waals surface area contributed by atoms with Crippen LogP contribution in [0.15, 0.2) is 36.5 Å². The SMILES string of the molecule is NC(CCC(=O)N1CCn2c(C(F)(F)F)nc(C(O)Nc3ccccn3)c2C1)Cc1cc(F)c(F)cc1F. The zero-order chi connectivity index (χ0) is 27.6. The highest BCUT2D eigenvalue weighted by atomic mass is 19.4. The Morgan fingerprint density at radius 3 is 2.55 bits per heavy atom. The lowest BCUT2D eigenvalue weighted by Crippen LogP contribution is -2.40. The minimum absolute atomic E-state index is 0.0148. The lowest BCUT2D eigenvalue weighted by Gasteiger charge is -2.30. The van der Waals surface area contributed by atoms with Crippen molar-refractivity contribution in [3.8, 4) is 0 Å². The summed E-state index contributed by atoms with van der Waals surface area (Å²) in [6.45, 7) is -0.488. The molecule has 3 aromatic rings. The van der Waals surface area contributed by atoms with Gasteiger partial charge in [0, 0.05) is 37.8 Å². The van der Waals surface area contributed by atoms with E-state index in [4.69, 9.17) is 5.73 Å². The summed E-state index contributed by atoms with van der Waals surface area (Å²) in [5.74, 6) is -4.90. The number of hydrogen-bond acceptors (Lipinski definition) is 6. The molecule has 2 aromatic heterocycles. The number of alkyl halides is 3. The topological polar surface area (TPSA) is 109 Å². The van der Waals surface area contributed by atoms with Crippen molar-refractivity contribution >= 4 is 11.7 Å². The van der Waals surface area contributed by atoms with Gasteiger partial charge in [0.2, 0.25) is 11.7 Å². The van der Waals surface area contributed by atoms with Gasteiger partial charge in [0.1, 0.15) is 17.3 Å². The number of nitrogens with one attached hydrogen (secondary N) is 1. The maximum Gasteiger partial charge on any atom is 0.449 e. The molecule has 1 aromatic carbocycles. The molecule has 0 spiro atoms. The Morgan fingerprint density at radius 2 is 1.87 bits per heavy atom. The molecule has 8 nitrogen and oxygen atoms in total. The van der Waals surface area contributed by atoms with Crippen LogP contribution < -0.4 is 11.1 Å². The largest absolute Gasteiger partial charge is 0.449 e. The molecule has 4 rings (SSSR count). The van der Waals surface area contributed by atoms with Crippen molar-refractivity contribution in [2.75, 3.05) is 11.9 Å². The molecule has 2 unspecified atom stereocenters. The number of halogens is 6. The highest BCUT2D eigenvalue weighted by Gasteiger charge is 2.41. The Labute approximate surface area is 213 Å². The summed E-state index contributed by atoms with van der Waals surface area (Å²) in [4.78, 5) is 21.8. The minimum Gasteiger partial charge on any atom is -0.368 e. The molecule has 0 aliphatic carbocycles. The second kappa shape index (κ2) is 11.0. The molecule has 3 heterocycles. The van der Waals surface area contributed by atoms with Gasteiger partial charge in [-0.3, -0.25) is 4.79 Å². The van der Waals surface area contributed by atoms with Crippen LogP contribution in [0.2, 0.25) is 0 Å². The van der Waals surface area contributed by atoms with Gasteiger partial charge in [0.05, 0.1) is 12.2 Å². The monoisotopic (exact) mass is 542 g/mol. The van der Waals surface area contributed by atoms with Gasteiger partial charge in [0.15, 0.2) is 17.9 Å². The van der Waals surface area contributed by atoms with Crippen molar-refractivity contribution in [1.29, 1.82) is 0 Å². The van der Waals surface area contributed by atoms with Crippen LogP contribution in [0.1, 0.15) is 41.8 Å². The number of imidazole rings is 1. The number of aliphatic hydroxyl groups is 1. The van der Waals surface area contributed by atoms with E-state index in [1.54, 1.807) is 12.1 Å². The van der Waals surface area contributed by atoms with Crippen molar-refractivity contribution in [1.82, 2.24) is 19.4 Å². The number of pyridine rings is 1. The summed E-state index contributed by atoms with van der Waals surface area (Å²) in [5, 5.41) is 13.2. The first-order chi connectivity index (χ1) is 17.9. The average Bonchev–Trinajstić information content (AvgIpc) is 3.26. The van der Waals surface area contributed by atoms with Crippen LogP contribution >= 0.6 is 0 Å². The van der Waals surface area contributed by atoms with Crippen molar-refractivity contribution < 1.29 is 36.2 Å². The van der Waals surface area contributed by atoms with Crippen LogP contribution in [0, 0.1) is 17.5 Å². The number of carbonyl (C=O) groups is 1. The van der Waals surface area contributed by atoms with E-state index in [9.17, 15) is 36.2 Å². The molecule has 1 aliphatic heterocycles. The van der Waals surface area contributed by atoms with Gasteiger partial charge in [-0.05, 0) is 36.6 Å². The minimum atomic E-state index is -4.79. The van der Waals surface area contributed by atoms with Crippen LogP contribution in [-0.4, -0.2) is 43.0 Å². The Bertz CT molecular complexity index is 1300. The second-order valence-corrected chi connectivity index (χ2v) is 8.85. The first-order valence-electron chi connectivity index (χ1n) is 11.6. The number of aliphatic hydroxyl groups excluding tert-OH is 1. The predicted molar refractivity (Wildman–Crippen MR) is 123 cm³/mol. The number of amides is 1. The van der Waals surface area contributed by atoms with E-state index in [0.717, 1.165) is 4.57 Å². The number of nitrogens with zero attached hydrogens (tertiary/aromatic N) is 4. The first-order valence-corrected chi connectivity index (χ1v) is 11.6. The molecule has 0 fully saturated rings. The normalized spacial score (nSPS) is 15.2. The Kier molecular flexibility index (Phi) is 7.92. The van der Waals surface area contributed by atoms with Crippen molar-refractivity contribution in [3.63, 3.8) is 0 Å². The van der Waals surface area contributed by atoms with E-state index in [2.05, 4.69) is 15.3 Å². The molecule has 0 bridgehead atoms. The second-order valence-electron chi connectivity index (χ2n) is 8.85. The molecule has 2 atom stereocenters. The van der Waals surface area contributed by atoms with E-state index in [0.29, 0.717) is 12.1 Å². The summed E-state index contributed by atoms with van der Waals surface area (Å²) >= 11 is 0. The summed E-state index contributed by atoms with van der Waals surface area (Å²) in [7, 11) is 0. The van der Waals surface area contributed by atoms with E-state index in [1.807, 2.05) is 0 Å². The van der Waals surface area contributed by atoms with E-state index >= 15 is 0 Å². The van der Waals surface area contributed by atoms with E-state index in [1.165, 1.54) is 17.2 Å². The van der Waals surface area contributed by atoms with Gasteiger partial charge < -0.3 is 25.6 Å². The maximum atomic E-state index is 13.9. The maximum absolute atomic E-state index is 13.9. The van der Waals surface area contributed by atoms with Gasteiger partial charge >= 0.3 is 6.18 Å². The highest BCUT2D eigenvalue weighted by molar-refractivity contribution is 5.76. The summed E-state index contributed by atoms with van der Waals surface area (Å²) in [5.41, 5.74) is 5.56. The van der Waals surface area contributed by atoms with E-state index < -0.39 is 47.6 Å². The molecule has 0 saturated heterocycles. The number of hydrogen-bond donors (Lipinski definition) is 3. The summed E-state index contributed by atoms with van der Waals surface area (Å²) < 4.78 is 82.3. The Balaban J connectivity index is 1.45. The first kappa shape index (κ1) is 27.4.